The van der Waals surface area contributed by atoms with E-state index in [1.165, 1.54) is 23.2 Å². The third-order valence-electron chi connectivity index (χ3n) is 3.46. The van der Waals surface area contributed by atoms with Crippen LogP contribution in [0, 0.1) is 12.8 Å². The summed E-state index contributed by atoms with van der Waals surface area (Å²) in [6.45, 7) is 8.56. The van der Waals surface area contributed by atoms with Gasteiger partial charge in [-0.3, -0.25) is 0 Å². The minimum Gasteiger partial charge on any atom is -0.374 e. The first-order valence-corrected chi connectivity index (χ1v) is 6.59. The summed E-state index contributed by atoms with van der Waals surface area (Å²) < 4.78 is 0. The highest BCUT2D eigenvalue weighted by atomic mass is 15.1. The second-order valence-corrected chi connectivity index (χ2v) is 5.04. The van der Waals surface area contributed by atoms with Crippen molar-refractivity contribution in [3.63, 3.8) is 0 Å². The normalized spacial score (nSPS) is 12.5. The van der Waals surface area contributed by atoms with E-state index in [0.717, 1.165) is 25.4 Å². The SMILES string of the molecule is CCC(C)CN(C)c1ccc(CCN)c(C)c1. The van der Waals surface area contributed by atoms with Crippen molar-refractivity contribution in [2.24, 2.45) is 11.7 Å². The maximum atomic E-state index is 5.60. The highest BCUT2D eigenvalue weighted by Crippen LogP contribution is 2.19. The van der Waals surface area contributed by atoms with Crippen LogP contribution in [0.5, 0.6) is 0 Å². The maximum absolute atomic E-state index is 5.60. The molecule has 0 aliphatic rings. The van der Waals surface area contributed by atoms with Crippen molar-refractivity contribution >= 4 is 5.69 Å². The number of nitrogens with zero attached hydrogens (tertiary/aromatic N) is 1. The zero-order valence-corrected chi connectivity index (χ0v) is 11.7. The lowest BCUT2D eigenvalue weighted by molar-refractivity contribution is 0.560. The summed E-state index contributed by atoms with van der Waals surface area (Å²) in [6.07, 6.45) is 2.20. The van der Waals surface area contributed by atoms with Gasteiger partial charge in [0, 0.05) is 19.3 Å². The Hall–Kier alpha value is -1.02. The molecule has 2 nitrogen and oxygen atoms in total. The summed E-state index contributed by atoms with van der Waals surface area (Å²) in [5, 5.41) is 0. The first kappa shape index (κ1) is 14.0. The van der Waals surface area contributed by atoms with Crippen LogP contribution in [0.25, 0.3) is 0 Å². The van der Waals surface area contributed by atoms with Gasteiger partial charge < -0.3 is 10.6 Å². The Morgan fingerprint density at radius 2 is 2.06 bits per heavy atom. The van der Waals surface area contributed by atoms with E-state index in [1.807, 2.05) is 0 Å². The zero-order valence-electron chi connectivity index (χ0n) is 11.7. The van der Waals surface area contributed by atoms with Crippen molar-refractivity contribution in [3.8, 4) is 0 Å². The lowest BCUT2D eigenvalue weighted by Gasteiger charge is -2.23. The quantitative estimate of drug-likeness (QED) is 0.820. The van der Waals surface area contributed by atoms with E-state index < -0.39 is 0 Å². The van der Waals surface area contributed by atoms with Gasteiger partial charge in [-0.15, -0.1) is 0 Å². The number of nitrogens with two attached hydrogens (primary N) is 1. The minimum absolute atomic E-state index is 0.725. The number of benzene rings is 1. The molecule has 1 rings (SSSR count). The summed E-state index contributed by atoms with van der Waals surface area (Å²) in [5.41, 5.74) is 9.63. The van der Waals surface area contributed by atoms with Gasteiger partial charge >= 0.3 is 0 Å². The second kappa shape index (κ2) is 6.65. The second-order valence-electron chi connectivity index (χ2n) is 5.04. The molecule has 0 saturated carbocycles. The van der Waals surface area contributed by atoms with Gasteiger partial charge in [-0.05, 0) is 49.1 Å². The molecule has 1 aromatic rings. The lowest BCUT2D eigenvalue weighted by atomic mass is 10.0. The molecule has 0 fully saturated rings. The fraction of sp³-hybridized carbons (Fsp3) is 0.600. The van der Waals surface area contributed by atoms with Crippen molar-refractivity contribution < 1.29 is 0 Å². The zero-order chi connectivity index (χ0) is 12.8. The number of hydrogen-bond donors (Lipinski definition) is 1. The average Bonchev–Trinajstić information content (AvgIpc) is 2.31. The molecule has 0 radical (unpaired) electrons. The molecule has 96 valence electrons. The van der Waals surface area contributed by atoms with Crippen LogP contribution in [0.4, 0.5) is 5.69 Å². The molecule has 0 aliphatic heterocycles. The van der Waals surface area contributed by atoms with E-state index in [9.17, 15) is 0 Å². The Morgan fingerprint density at radius 1 is 1.35 bits per heavy atom. The van der Waals surface area contributed by atoms with Crippen molar-refractivity contribution in [1.29, 1.82) is 0 Å². The fourth-order valence-electron chi connectivity index (χ4n) is 2.06. The van der Waals surface area contributed by atoms with Crippen molar-refractivity contribution in [3.05, 3.63) is 29.3 Å². The molecule has 0 aliphatic carbocycles. The molecule has 0 heterocycles. The van der Waals surface area contributed by atoms with Gasteiger partial charge in [0.05, 0.1) is 0 Å². The van der Waals surface area contributed by atoms with Crippen molar-refractivity contribution in [2.45, 2.75) is 33.6 Å². The van der Waals surface area contributed by atoms with Gasteiger partial charge in [0.2, 0.25) is 0 Å². The van der Waals surface area contributed by atoms with Crippen LogP contribution < -0.4 is 10.6 Å². The van der Waals surface area contributed by atoms with Crippen LogP contribution >= 0.6 is 0 Å². The first-order chi connectivity index (χ1) is 8.08. The third kappa shape index (κ3) is 4.04. The van der Waals surface area contributed by atoms with Crippen LogP contribution in [0.1, 0.15) is 31.4 Å². The monoisotopic (exact) mass is 234 g/mol. The summed E-state index contributed by atoms with van der Waals surface area (Å²) >= 11 is 0. The van der Waals surface area contributed by atoms with Crippen LogP contribution in [0.3, 0.4) is 0 Å². The Labute approximate surface area is 106 Å². The Bertz CT molecular complexity index is 347. The van der Waals surface area contributed by atoms with E-state index in [1.54, 1.807) is 0 Å². The molecular formula is C15H26N2. The topological polar surface area (TPSA) is 29.3 Å². The van der Waals surface area contributed by atoms with E-state index in [4.69, 9.17) is 5.73 Å². The third-order valence-corrected chi connectivity index (χ3v) is 3.46. The smallest absolute Gasteiger partial charge is 0.0366 e. The molecule has 1 aromatic carbocycles. The van der Waals surface area contributed by atoms with Crippen LogP contribution in [-0.4, -0.2) is 20.1 Å². The fourth-order valence-corrected chi connectivity index (χ4v) is 2.06. The van der Waals surface area contributed by atoms with E-state index in [2.05, 4.69) is 50.9 Å². The summed E-state index contributed by atoms with van der Waals surface area (Å²) in [7, 11) is 2.17. The Morgan fingerprint density at radius 3 is 2.59 bits per heavy atom. The Kier molecular flexibility index (Phi) is 5.49. The van der Waals surface area contributed by atoms with E-state index in [-0.39, 0.29) is 0 Å². The molecular weight excluding hydrogens is 208 g/mol. The molecule has 17 heavy (non-hydrogen) atoms. The van der Waals surface area contributed by atoms with Gasteiger partial charge in [-0.2, -0.15) is 0 Å². The Balaban J connectivity index is 2.75. The first-order valence-electron chi connectivity index (χ1n) is 6.59. The maximum Gasteiger partial charge on any atom is 0.0366 e. The molecule has 1 atom stereocenters. The molecule has 0 amide bonds. The lowest BCUT2D eigenvalue weighted by Crippen LogP contribution is -2.23. The van der Waals surface area contributed by atoms with E-state index >= 15 is 0 Å². The molecule has 1 unspecified atom stereocenters. The highest BCUT2D eigenvalue weighted by Gasteiger charge is 2.07. The van der Waals surface area contributed by atoms with Gasteiger partial charge in [0.1, 0.15) is 0 Å². The number of anilines is 1. The van der Waals surface area contributed by atoms with Crippen molar-refractivity contribution in [1.82, 2.24) is 0 Å². The predicted molar refractivity (Wildman–Crippen MR) is 76.7 cm³/mol. The van der Waals surface area contributed by atoms with Gasteiger partial charge in [-0.25, -0.2) is 0 Å². The summed E-state index contributed by atoms with van der Waals surface area (Å²) in [4.78, 5) is 2.34. The average molecular weight is 234 g/mol. The predicted octanol–water partition coefficient (Wildman–Crippen LogP) is 2.98. The molecule has 2 heteroatoms. The standard InChI is InChI=1S/C15H26N2/c1-5-12(2)11-17(4)15-7-6-14(8-9-16)13(3)10-15/h6-7,10,12H,5,8-9,11,16H2,1-4H3. The number of hydrogen-bond acceptors (Lipinski definition) is 2. The van der Waals surface area contributed by atoms with Crippen LogP contribution in [0.2, 0.25) is 0 Å². The van der Waals surface area contributed by atoms with E-state index in [0.29, 0.717) is 0 Å². The highest BCUT2D eigenvalue weighted by molar-refractivity contribution is 5.50. The molecule has 0 aromatic heterocycles. The molecule has 2 N–H and O–H groups in total. The van der Waals surface area contributed by atoms with Crippen LogP contribution in [-0.2, 0) is 6.42 Å². The summed E-state index contributed by atoms with van der Waals surface area (Å²) in [6, 6.07) is 6.69. The minimum atomic E-state index is 0.725. The molecule has 0 saturated heterocycles. The van der Waals surface area contributed by atoms with Crippen molar-refractivity contribution in [2.75, 3.05) is 25.0 Å². The van der Waals surface area contributed by atoms with Gasteiger partial charge in [0.25, 0.3) is 0 Å². The van der Waals surface area contributed by atoms with Gasteiger partial charge in [0.15, 0.2) is 0 Å². The van der Waals surface area contributed by atoms with Gasteiger partial charge in [-0.1, -0.05) is 26.3 Å². The number of aryl methyl sites for hydroxylation is 1. The van der Waals surface area contributed by atoms with Crippen LogP contribution in [0.15, 0.2) is 18.2 Å². The molecule has 0 spiro atoms. The number of rotatable bonds is 6. The summed E-state index contributed by atoms with van der Waals surface area (Å²) in [5.74, 6) is 0.740. The largest absolute Gasteiger partial charge is 0.374 e. The molecule has 0 bridgehead atoms.